The molecule has 0 aliphatic carbocycles. The molecule has 2 aromatic rings. The minimum absolute atomic E-state index is 0.423. The number of aromatic nitrogens is 2. The average Bonchev–Trinajstić information content (AvgIpc) is 2.73. The molecule has 1 aromatic carbocycles. The van der Waals surface area contributed by atoms with Gasteiger partial charge in [0.15, 0.2) is 0 Å². The van der Waals surface area contributed by atoms with Gasteiger partial charge in [-0.25, -0.2) is 0 Å². The Morgan fingerprint density at radius 3 is 2.75 bits per heavy atom. The fourth-order valence-corrected chi connectivity index (χ4v) is 2.38. The summed E-state index contributed by atoms with van der Waals surface area (Å²) in [6.45, 7) is 5.86. The number of nitrogens with zero attached hydrogens (tertiary/aromatic N) is 2. The normalized spacial score (nSPS) is 10.5. The molecule has 0 atom stereocenters. The molecule has 0 bridgehead atoms. The zero-order valence-corrected chi connectivity index (χ0v) is 12.7. The molecule has 1 heterocycles. The molecule has 3 N–H and O–H groups in total. The van der Waals surface area contributed by atoms with Crippen molar-refractivity contribution in [3.63, 3.8) is 0 Å². The predicted molar refractivity (Wildman–Crippen MR) is 87.1 cm³/mol. The second-order valence-corrected chi connectivity index (χ2v) is 5.28. The van der Waals surface area contributed by atoms with E-state index in [0.717, 1.165) is 36.5 Å². The Balaban J connectivity index is 1.88. The highest BCUT2D eigenvalue weighted by Gasteiger charge is 2.04. The summed E-state index contributed by atoms with van der Waals surface area (Å²) in [5.41, 5.74) is 9.86. The zero-order valence-electron chi connectivity index (χ0n) is 11.9. The third kappa shape index (κ3) is 3.57. The maximum Gasteiger partial charge on any atom is 0.106 e. The molecule has 106 valence electrons. The van der Waals surface area contributed by atoms with Gasteiger partial charge in [-0.05, 0) is 38.5 Å². The zero-order chi connectivity index (χ0) is 14.5. The Kier molecular flexibility index (Phi) is 4.74. The molecule has 4 nitrogen and oxygen atoms in total. The van der Waals surface area contributed by atoms with E-state index in [9.17, 15) is 0 Å². The van der Waals surface area contributed by atoms with Gasteiger partial charge in [0.25, 0.3) is 0 Å². The first kappa shape index (κ1) is 14.5. The van der Waals surface area contributed by atoms with Crippen molar-refractivity contribution >= 4 is 22.9 Å². The average molecular weight is 288 g/mol. The number of hydrogen-bond donors (Lipinski definition) is 2. The number of nitrogens with one attached hydrogen (secondary N) is 1. The quantitative estimate of drug-likeness (QED) is 0.634. The Bertz CT molecular complexity index is 604. The standard InChI is InChI=1S/C15H20N4S/c1-11-10-12(2)19(18-11)9-5-8-17-14-7-4-3-6-13(14)15(16)20/h3-4,6-7,10,17H,5,8-9H2,1-2H3,(H2,16,20). The molecule has 0 saturated carbocycles. The van der Waals surface area contributed by atoms with Crippen LogP contribution < -0.4 is 11.1 Å². The summed E-state index contributed by atoms with van der Waals surface area (Å²) < 4.78 is 2.04. The number of nitrogens with two attached hydrogens (primary N) is 1. The Labute approximate surface area is 125 Å². The molecule has 1 aromatic heterocycles. The van der Waals surface area contributed by atoms with E-state index in [4.69, 9.17) is 18.0 Å². The molecule has 0 radical (unpaired) electrons. The molecule has 2 rings (SSSR count). The minimum atomic E-state index is 0.423. The number of aryl methyl sites for hydroxylation is 3. The van der Waals surface area contributed by atoms with E-state index in [1.807, 2.05) is 35.9 Å². The Hall–Kier alpha value is -1.88. The van der Waals surface area contributed by atoms with Gasteiger partial charge < -0.3 is 11.1 Å². The van der Waals surface area contributed by atoms with Gasteiger partial charge in [0, 0.05) is 30.0 Å². The third-order valence-corrected chi connectivity index (χ3v) is 3.38. The summed E-state index contributed by atoms with van der Waals surface area (Å²) in [4.78, 5) is 0.423. The lowest BCUT2D eigenvalue weighted by atomic mass is 10.2. The fourth-order valence-electron chi connectivity index (χ4n) is 2.21. The maximum absolute atomic E-state index is 5.71. The lowest BCUT2D eigenvalue weighted by molar-refractivity contribution is 0.574. The topological polar surface area (TPSA) is 55.9 Å². The monoisotopic (exact) mass is 288 g/mol. The van der Waals surface area contributed by atoms with Crippen molar-refractivity contribution in [1.82, 2.24) is 9.78 Å². The van der Waals surface area contributed by atoms with Gasteiger partial charge in [-0.3, -0.25) is 4.68 Å². The van der Waals surface area contributed by atoms with Crippen LogP contribution in [0.4, 0.5) is 5.69 Å². The molecule has 0 saturated heterocycles. The largest absolute Gasteiger partial charge is 0.389 e. The molecule has 20 heavy (non-hydrogen) atoms. The highest BCUT2D eigenvalue weighted by atomic mass is 32.1. The summed E-state index contributed by atoms with van der Waals surface area (Å²) in [6.07, 6.45) is 0.994. The van der Waals surface area contributed by atoms with Crippen LogP contribution in [0.3, 0.4) is 0 Å². The maximum atomic E-state index is 5.71. The second-order valence-electron chi connectivity index (χ2n) is 4.84. The Morgan fingerprint density at radius 1 is 1.35 bits per heavy atom. The Morgan fingerprint density at radius 2 is 2.10 bits per heavy atom. The van der Waals surface area contributed by atoms with Crippen LogP contribution in [0.1, 0.15) is 23.4 Å². The van der Waals surface area contributed by atoms with E-state index >= 15 is 0 Å². The first-order valence-corrected chi connectivity index (χ1v) is 7.12. The van der Waals surface area contributed by atoms with Crippen molar-refractivity contribution < 1.29 is 0 Å². The van der Waals surface area contributed by atoms with Gasteiger partial charge in [0.2, 0.25) is 0 Å². The van der Waals surface area contributed by atoms with Gasteiger partial charge in [-0.2, -0.15) is 5.10 Å². The number of para-hydroxylation sites is 1. The molecule has 0 unspecified atom stereocenters. The van der Waals surface area contributed by atoms with Gasteiger partial charge in [0.1, 0.15) is 4.99 Å². The predicted octanol–water partition coefficient (Wildman–Crippen LogP) is 2.64. The molecular weight excluding hydrogens is 268 g/mol. The van der Waals surface area contributed by atoms with E-state index in [1.165, 1.54) is 5.69 Å². The number of thiocarbonyl (C=S) groups is 1. The molecular formula is C15H20N4S. The third-order valence-electron chi connectivity index (χ3n) is 3.16. The van der Waals surface area contributed by atoms with Crippen molar-refractivity contribution in [2.45, 2.75) is 26.8 Å². The summed E-state index contributed by atoms with van der Waals surface area (Å²) in [5, 5.41) is 7.83. The number of rotatable bonds is 6. The lowest BCUT2D eigenvalue weighted by Gasteiger charge is -2.11. The van der Waals surface area contributed by atoms with Crippen molar-refractivity contribution in [3.8, 4) is 0 Å². The van der Waals surface area contributed by atoms with Crippen LogP contribution in [0, 0.1) is 13.8 Å². The molecule has 0 aliphatic heterocycles. The summed E-state index contributed by atoms with van der Waals surface area (Å²) in [5.74, 6) is 0. The van der Waals surface area contributed by atoms with Crippen LogP contribution in [0.5, 0.6) is 0 Å². The van der Waals surface area contributed by atoms with Crippen molar-refractivity contribution in [2.75, 3.05) is 11.9 Å². The summed E-state index contributed by atoms with van der Waals surface area (Å²) in [7, 11) is 0. The molecule has 0 amide bonds. The van der Waals surface area contributed by atoms with Crippen LogP contribution in [-0.2, 0) is 6.54 Å². The van der Waals surface area contributed by atoms with Crippen LogP contribution in [0.2, 0.25) is 0 Å². The van der Waals surface area contributed by atoms with E-state index in [1.54, 1.807) is 0 Å². The van der Waals surface area contributed by atoms with Gasteiger partial charge in [0.05, 0.1) is 5.69 Å². The van der Waals surface area contributed by atoms with Crippen LogP contribution in [0.25, 0.3) is 0 Å². The minimum Gasteiger partial charge on any atom is -0.389 e. The first-order valence-electron chi connectivity index (χ1n) is 6.71. The van der Waals surface area contributed by atoms with E-state index in [-0.39, 0.29) is 0 Å². The molecule has 0 spiro atoms. The number of anilines is 1. The SMILES string of the molecule is Cc1cc(C)n(CCCNc2ccccc2C(N)=S)n1. The summed E-state index contributed by atoms with van der Waals surface area (Å²) in [6, 6.07) is 9.94. The van der Waals surface area contributed by atoms with Gasteiger partial charge in [-0.15, -0.1) is 0 Å². The van der Waals surface area contributed by atoms with Crippen molar-refractivity contribution in [1.29, 1.82) is 0 Å². The van der Waals surface area contributed by atoms with Crippen LogP contribution in [0.15, 0.2) is 30.3 Å². The van der Waals surface area contributed by atoms with Crippen LogP contribution in [-0.4, -0.2) is 21.3 Å². The van der Waals surface area contributed by atoms with E-state index < -0.39 is 0 Å². The first-order chi connectivity index (χ1) is 9.58. The molecule has 0 fully saturated rings. The van der Waals surface area contributed by atoms with Gasteiger partial charge in [-0.1, -0.05) is 24.4 Å². The smallest absolute Gasteiger partial charge is 0.106 e. The van der Waals surface area contributed by atoms with E-state index in [2.05, 4.69) is 23.4 Å². The second kappa shape index (κ2) is 6.52. The highest BCUT2D eigenvalue weighted by molar-refractivity contribution is 7.80. The number of benzene rings is 1. The van der Waals surface area contributed by atoms with Crippen molar-refractivity contribution in [3.05, 3.63) is 47.3 Å². The van der Waals surface area contributed by atoms with E-state index in [0.29, 0.717) is 4.99 Å². The summed E-state index contributed by atoms with van der Waals surface area (Å²) >= 11 is 5.05. The lowest BCUT2D eigenvalue weighted by Crippen LogP contribution is -2.14. The fraction of sp³-hybridized carbons (Fsp3) is 0.333. The highest BCUT2D eigenvalue weighted by Crippen LogP contribution is 2.14. The van der Waals surface area contributed by atoms with Gasteiger partial charge >= 0.3 is 0 Å². The molecule has 0 aliphatic rings. The number of hydrogen-bond acceptors (Lipinski definition) is 3. The molecule has 5 heteroatoms. The van der Waals surface area contributed by atoms with Crippen LogP contribution >= 0.6 is 12.2 Å². The van der Waals surface area contributed by atoms with Crippen molar-refractivity contribution in [2.24, 2.45) is 5.73 Å².